The maximum Gasteiger partial charge on any atom is 0.314 e. The van der Waals surface area contributed by atoms with Gasteiger partial charge in [-0.05, 0) is 25.8 Å². The van der Waals surface area contributed by atoms with Crippen molar-refractivity contribution in [3.05, 3.63) is 11.3 Å². The first-order chi connectivity index (χ1) is 4.61. The van der Waals surface area contributed by atoms with Gasteiger partial charge in [-0.3, -0.25) is 4.79 Å². The van der Waals surface area contributed by atoms with Crippen LogP contribution >= 0.6 is 0 Å². The van der Waals surface area contributed by atoms with Crippen LogP contribution in [0.3, 0.4) is 0 Å². The highest BCUT2D eigenvalue weighted by molar-refractivity contribution is 5.74. The van der Waals surface area contributed by atoms with Crippen LogP contribution in [0.2, 0.25) is 0 Å². The first-order valence-corrected chi connectivity index (χ1v) is 3.49. The molecule has 2 nitrogen and oxygen atoms in total. The van der Waals surface area contributed by atoms with Crippen molar-refractivity contribution in [2.75, 3.05) is 0 Å². The molecular weight excluding hydrogens is 128 g/mol. The van der Waals surface area contributed by atoms with Crippen molar-refractivity contribution >= 4 is 5.97 Å². The summed E-state index contributed by atoms with van der Waals surface area (Å²) in [6.45, 7) is 5.72. The number of rotatable bonds is 0. The molecule has 2 heteroatoms. The van der Waals surface area contributed by atoms with Crippen LogP contribution in [-0.4, -0.2) is 5.97 Å². The van der Waals surface area contributed by atoms with Gasteiger partial charge in [0, 0.05) is 0 Å². The Labute approximate surface area is 60.9 Å². The van der Waals surface area contributed by atoms with Crippen molar-refractivity contribution in [1.29, 1.82) is 0 Å². The summed E-state index contributed by atoms with van der Waals surface area (Å²) in [5.41, 5.74) is 1.19. The van der Waals surface area contributed by atoms with Gasteiger partial charge in [0.15, 0.2) is 0 Å². The highest BCUT2D eigenvalue weighted by atomic mass is 16.5. The van der Waals surface area contributed by atoms with E-state index in [2.05, 4.69) is 0 Å². The van der Waals surface area contributed by atoms with Crippen molar-refractivity contribution in [3.63, 3.8) is 0 Å². The molecule has 0 saturated carbocycles. The number of carbonyl (C=O) groups is 1. The van der Waals surface area contributed by atoms with E-state index in [1.807, 2.05) is 20.8 Å². The molecule has 0 aromatic rings. The van der Waals surface area contributed by atoms with Crippen LogP contribution in [0.25, 0.3) is 0 Å². The quantitative estimate of drug-likeness (QED) is 0.480. The van der Waals surface area contributed by atoms with Gasteiger partial charge >= 0.3 is 5.97 Å². The second-order valence-electron chi connectivity index (χ2n) is 2.86. The number of carbonyl (C=O) groups excluding carboxylic acids is 1. The number of ether oxygens (including phenoxy) is 1. The standard InChI is InChI=1S/C8H12O2/c1-5-4-6(2)8(9)10-7(5)3/h6H,4H2,1-3H3. The van der Waals surface area contributed by atoms with Crippen LogP contribution < -0.4 is 0 Å². The third-order valence-corrected chi connectivity index (χ3v) is 1.87. The van der Waals surface area contributed by atoms with Crippen molar-refractivity contribution in [3.8, 4) is 0 Å². The molecule has 0 N–H and O–H groups in total. The summed E-state index contributed by atoms with van der Waals surface area (Å²) in [5, 5.41) is 0. The fourth-order valence-electron chi connectivity index (χ4n) is 1.02. The molecule has 1 aliphatic heterocycles. The Morgan fingerprint density at radius 2 is 2.10 bits per heavy atom. The predicted octanol–water partition coefficient (Wildman–Crippen LogP) is 1.86. The summed E-state index contributed by atoms with van der Waals surface area (Å²) in [7, 11) is 0. The van der Waals surface area contributed by atoms with Crippen LogP contribution in [0.5, 0.6) is 0 Å². The summed E-state index contributed by atoms with van der Waals surface area (Å²) in [5.74, 6) is 0.731. The number of esters is 1. The van der Waals surface area contributed by atoms with E-state index in [4.69, 9.17) is 4.74 Å². The molecule has 0 radical (unpaired) electrons. The lowest BCUT2D eigenvalue weighted by atomic mass is 9.99. The van der Waals surface area contributed by atoms with E-state index >= 15 is 0 Å². The zero-order valence-corrected chi connectivity index (χ0v) is 6.60. The van der Waals surface area contributed by atoms with E-state index in [9.17, 15) is 4.79 Å². The Balaban J connectivity index is 2.79. The van der Waals surface area contributed by atoms with Gasteiger partial charge in [0.1, 0.15) is 5.76 Å². The second kappa shape index (κ2) is 2.45. The molecular formula is C8H12O2. The third kappa shape index (κ3) is 1.20. The SMILES string of the molecule is CC1=C(C)OC(=O)C(C)C1. The van der Waals surface area contributed by atoms with Crippen LogP contribution in [0.1, 0.15) is 27.2 Å². The summed E-state index contributed by atoms with van der Waals surface area (Å²) in [6, 6.07) is 0. The molecule has 1 atom stereocenters. The molecule has 0 saturated heterocycles. The maximum absolute atomic E-state index is 10.9. The molecule has 1 heterocycles. The number of cyclic esters (lactones) is 1. The topological polar surface area (TPSA) is 26.3 Å². The van der Waals surface area contributed by atoms with Crippen LogP contribution in [0.15, 0.2) is 11.3 Å². The summed E-state index contributed by atoms with van der Waals surface area (Å²) in [6.07, 6.45) is 0.852. The summed E-state index contributed by atoms with van der Waals surface area (Å²) < 4.78 is 4.95. The van der Waals surface area contributed by atoms with E-state index in [-0.39, 0.29) is 11.9 Å². The average Bonchev–Trinajstić information content (AvgIpc) is 1.84. The predicted molar refractivity (Wildman–Crippen MR) is 38.2 cm³/mol. The fraction of sp³-hybridized carbons (Fsp3) is 0.625. The van der Waals surface area contributed by atoms with Crippen LogP contribution in [0.4, 0.5) is 0 Å². The Morgan fingerprint density at radius 1 is 1.50 bits per heavy atom. The van der Waals surface area contributed by atoms with E-state index < -0.39 is 0 Å². The lowest BCUT2D eigenvalue weighted by molar-refractivity contribution is -0.145. The molecule has 1 rings (SSSR count). The fourth-order valence-corrected chi connectivity index (χ4v) is 1.02. The highest BCUT2D eigenvalue weighted by Gasteiger charge is 2.21. The first-order valence-electron chi connectivity index (χ1n) is 3.49. The van der Waals surface area contributed by atoms with Gasteiger partial charge in [-0.15, -0.1) is 0 Å². The smallest absolute Gasteiger partial charge is 0.314 e. The van der Waals surface area contributed by atoms with E-state index in [0.717, 1.165) is 12.2 Å². The Bertz CT molecular complexity index is 191. The average molecular weight is 140 g/mol. The van der Waals surface area contributed by atoms with Crippen molar-refractivity contribution in [1.82, 2.24) is 0 Å². The van der Waals surface area contributed by atoms with Crippen LogP contribution in [0, 0.1) is 5.92 Å². The van der Waals surface area contributed by atoms with Crippen molar-refractivity contribution in [2.45, 2.75) is 27.2 Å². The van der Waals surface area contributed by atoms with Crippen molar-refractivity contribution < 1.29 is 9.53 Å². The molecule has 1 unspecified atom stereocenters. The molecule has 1 aliphatic rings. The minimum Gasteiger partial charge on any atom is -0.431 e. The molecule has 0 fully saturated rings. The number of hydrogen-bond donors (Lipinski definition) is 0. The molecule has 0 bridgehead atoms. The normalized spacial score (nSPS) is 26.7. The molecule has 0 amide bonds. The Kier molecular flexibility index (Phi) is 1.79. The maximum atomic E-state index is 10.9. The number of allylic oxidation sites excluding steroid dienone is 2. The molecule has 56 valence electrons. The van der Waals surface area contributed by atoms with E-state index in [1.54, 1.807) is 0 Å². The molecule has 0 aromatic carbocycles. The zero-order chi connectivity index (χ0) is 7.72. The van der Waals surface area contributed by atoms with Crippen molar-refractivity contribution in [2.24, 2.45) is 5.92 Å². The second-order valence-corrected chi connectivity index (χ2v) is 2.86. The lowest BCUT2D eigenvalue weighted by Crippen LogP contribution is -2.19. The van der Waals surface area contributed by atoms with Gasteiger partial charge in [0.2, 0.25) is 0 Å². The monoisotopic (exact) mass is 140 g/mol. The third-order valence-electron chi connectivity index (χ3n) is 1.87. The minimum atomic E-state index is -0.0944. The largest absolute Gasteiger partial charge is 0.431 e. The van der Waals surface area contributed by atoms with Gasteiger partial charge in [-0.2, -0.15) is 0 Å². The first kappa shape index (κ1) is 7.32. The Hall–Kier alpha value is -0.790. The highest BCUT2D eigenvalue weighted by Crippen LogP contribution is 2.23. The van der Waals surface area contributed by atoms with Crippen LogP contribution in [-0.2, 0) is 9.53 Å². The number of hydrogen-bond acceptors (Lipinski definition) is 2. The van der Waals surface area contributed by atoms with Gasteiger partial charge in [-0.25, -0.2) is 0 Å². The Morgan fingerprint density at radius 3 is 2.60 bits per heavy atom. The van der Waals surface area contributed by atoms with Gasteiger partial charge in [-0.1, -0.05) is 6.92 Å². The van der Waals surface area contributed by atoms with Gasteiger partial charge in [0.05, 0.1) is 5.92 Å². The summed E-state index contributed by atoms with van der Waals surface area (Å²) in [4.78, 5) is 10.9. The van der Waals surface area contributed by atoms with Gasteiger partial charge < -0.3 is 4.74 Å². The minimum absolute atomic E-state index is 0.0451. The van der Waals surface area contributed by atoms with E-state index in [1.165, 1.54) is 5.57 Å². The van der Waals surface area contributed by atoms with Gasteiger partial charge in [0.25, 0.3) is 0 Å². The molecule has 0 spiro atoms. The molecule has 0 aromatic heterocycles. The molecule has 0 aliphatic carbocycles. The zero-order valence-electron chi connectivity index (χ0n) is 6.60. The summed E-state index contributed by atoms with van der Waals surface area (Å²) >= 11 is 0. The lowest BCUT2D eigenvalue weighted by Gasteiger charge is -2.19. The van der Waals surface area contributed by atoms with E-state index in [0.29, 0.717) is 0 Å². The molecule has 10 heavy (non-hydrogen) atoms.